The van der Waals surface area contributed by atoms with Gasteiger partial charge in [-0.3, -0.25) is 0 Å². The van der Waals surface area contributed by atoms with Crippen molar-refractivity contribution in [3.63, 3.8) is 0 Å². The second kappa shape index (κ2) is 12.2. The van der Waals surface area contributed by atoms with Crippen LogP contribution in [0.2, 0.25) is 25.7 Å². The van der Waals surface area contributed by atoms with Crippen molar-refractivity contribution in [2.24, 2.45) is 0 Å². The van der Waals surface area contributed by atoms with E-state index in [0.29, 0.717) is 26.4 Å². The summed E-state index contributed by atoms with van der Waals surface area (Å²) in [5, 5.41) is 0. The minimum absolute atomic E-state index is 0.241. The van der Waals surface area contributed by atoms with E-state index in [1.165, 1.54) is 0 Å². The molecule has 8 heteroatoms. The minimum Gasteiger partial charge on any atom is -0.445 e. The Morgan fingerprint density at radius 1 is 0.972 bits per heavy atom. The average Bonchev–Trinajstić information content (AvgIpc) is 3.20. The molecule has 0 saturated carbocycles. The highest BCUT2D eigenvalue weighted by atomic mass is 28.3. The van der Waals surface area contributed by atoms with Crippen LogP contribution in [0.5, 0.6) is 0 Å². The number of hydrogen-bond donors (Lipinski definition) is 0. The van der Waals surface area contributed by atoms with Gasteiger partial charge >= 0.3 is 6.09 Å². The van der Waals surface area contributed by atoms with Crippen molar-refractivity contribution < 1.29 is 14.3 Å². The summed E-state index contributed by atoms with van der Waals surface area (Å²) >= 11 is 0. The first kappa shape index (κ1) is 26.0. The summed E-state index contributed by atoms with van der Waals surface area (Å²) in [6.07, 6.45) is 4.46. The molecule has 0 bridgehead atoms. The summed E-state index contributed by atoms with van der Waals surface area (Å²) in [4.78, 5) is 21.3. The van der Waals surface area contributed by atoms with Crippen LogP contribution in [-0.4, -0.2) is 61.4 Å². The lowest BCUT2D eigenvalue weighted by atomic mass is 10.1. The lowest BCUT2D eigenvalue weighted by Crippen LogP contribution is -2.35. The fraction of sp³-hybridized carbons (Fsp3) is 0.429. The van der Waals surface area contributed by atoms with Gasteiger partial charge in [0.15, 0.2) is 0 Å². The molecule has 0 spiro atoms. The van der Waals surface area contributed by atoms with E-state index < -0.39 is 8.07 Å². The highest BCUT2D eigenvalue weighted by molar-refractivity contribution is 6.76. The Hall–Kier alpha value is -3.10. The fourth-order valence-corrected chi connectivity index (χ4v) is 4.96. The van der Waals surface area contributed by atoms with E-state index in [4.69, 9.17) is 9.47 Å². The minimum atomic E-state index is -1.10. The first-order valence-corrected chi connectivity index (χ1v) is 16.5. The third-order valence-corrected chi connectivity index (χ3v) is 8.10. The van der Waals surface area contributed by atoms with Crippen molar-refractivity contribution in [3.8, 4) is 11.4 Å². The molecule has 1 aliphatic rings. The molecule has 3 aromatic rings. The molecule has 7 nitrogen and oxygen atoms in total. The lowest BCUT2D eigenvalue weighted by Gasteiger charge is -2.23. The SMILES string of the molecule is C[Si](C)(C)CCOCn1ccnc1-c1ccc(N2CCCN(C(=O)OCc3ccccc3)CC2)cc1. The Morgan fingerprint density at radius 3 is 2.50 bits per heavy atom. The van der Waals surface area contributed by atoms with Crippen molar-refractivity contribution in [1.29, 1.82) is 0 Å². The second-order valence-electron chi connectivity index (χ2n) is 10.5. The monoisotopic (exact) mass is 506 g/mol. The van der Waals surface area contributed by atoms with Crippen LogP contribution in [0.1, 0.15) is 12.0 Å². The molecule has 0 N–H and O–H groups in total. The van der Waals surface area contributed by atoms with E-state index in [-0.39, 0.29) is 6.09 Å². The molecule has 36 heavy (non-hydrogen) atoms. The summed E-state index contributed by atoms with van der Waals surface area (Å²) in [5.74, 6) is 0.915. The Balaban J connectivity index is 1.29. The van der Waals surface area contributed by atoms with Gasteiger partial charge in [0.25, 0.3) is 0 Å². The third kappa shape index (κ3) is 7.45. The number of carbonyl (C=O) groups is 1. The maximum Gasteiger partial charge on any atom is 0.410 e. The van der Waals surface area contributed by atoms with Gasteiger partial charge in [-0.25, -0.2) is 9.78 Å². The molecule has 1 saturated heterocycles. The van der Waals surface area contributed by atoms with Crippen molar-refractivity contribution in [2.75, 3.05) is 37.7 Å². The van der Waals surface area contributed by atoms with E-state index in [1.54, 1.807) is 0 Å². The van der Waals surface area contributed by atoms with E-state index >= 15 is 0 Å². The topological polar surface area (TPSA) is 59.8 Å². The summed E-state index contributed by atoms with van der Waals surface area (Å²) in [5.41, 5.74) is 3.22. The van der Waals surface area contributed by atoms with Crippen LogP contribution in [0, 0.1) is 0 Å². The molecule has 192 valence electrons. The summed E-state index contributed by atoms with van der Waals surface area (Å²) in [7, 11) is -1.10. The van der Waals surface area contributed by atoms with Gasteiger partial charge in [0, 0.05) is 64.5 Å². The molecule has 0 aliphatic carbocycles. The van der Waals surface area contributed by atoms with Gasteiger partial charge in [-0.05, 0) is 42.3 Å². The highest BCUT2D eigenvalue weighted by Gasteiger charge is 2.21. The number of benzene rings is 2. The zero-order chi connectivity index (χ0) is 25.4. The van der Waals surface area contributed by atoms with Crippen molar-refractivity contribution >= 4 is 19.9 Å². The van der Waals surface area contributed by atoms with Crippen LogP contribution < -0.4 is 4.90 Å². The molecule has 0 unspecified atom stereocenters. The van der Waals surface area contributed by atoms with E-state index in [2.05, 4.69) is 58.4 Å². The predicted molar refractivity (Wildman–Crippen MR) is 147 cm³/mol. The molecule has 2 heterocycles. The number of carbonyl (C=O) groups excluding carboxylic acids is 1. The zero-order valence-electron chi connectivity index (χ0n) is 21.7. The van der Waals surface area contributed by atoms with E-state index in [9.17, 15) is 4.79 Å². The Labute approximate surface area is 215 Å². The first-order chi connectivity index (χ1) is 17.4. The van der Waals surface area contributed by atoms with Crippen LogP contribution in [-0.2, 0) is 22.8 Å². The van der Waals surface area contributed by atoms with Gasteiger partial charge in [-0.1, -0.05) is 50.0 Å². The van der Waals surface area contributed by atoms with Gasteiger partial charge in [-0.2, -0.15) is 0 Å². The molecular formula is C28H38N4O3Si. The first-order valence-electron chi connectivity index (χ1n) is 12.8. The van der Waals surface area contributed by atoms with Crippen LogP contribution in [0.4, 0.5) is 10.5 Å². The highest BCUT2D eigenvalue weighted by Crippen LogP contribution is 2.23. The van der Waals surface area contributed by atoms with E-state index in [0.717, 1.165) is 54.8 Å². The molecule has 4 rings (SSSR count). The number of rotatable bonds is 9. The average molecular weight is 507 g/mol. The molecule has 1 fully saturated rings. The zero-order valence-corrected chi connectivity index (χ0v) is 22.7. The Kier molecular flexibility index (Phi) is 8.82. The number of imidazole rings is 1. The molecule has 1 amide bonds. The fourth-order valence-electron chi connectivity index (χ4n) is 4.21. The number of amides is 1. The van der Waals surface area contributed by atoms with Crippen LogP contribution >= 0.6 is 0 Å². The van der Waals surface area contributed by atoms with Crippen LogP contribution in [0.15, 0.2) is 67.0 Å². The Morgan fingerprint density at radius 2 is 1.75 bits per heavy atom. The molecular weight excluding hydrogens is 468 g/mol. The van der Waals surface area contributed by atoms with Crippen molar-refractivity contribution in [2.45, 2.75) is 45.4 Å². The number of hydrogen-bond acceptors (Lipinski definition) is 5. The lowest BCUT2D eigenvalue weighted by molar-refractivity contribution is 0.0883. The quantitative estimate of drug-likeness (QED) is 0.275. The van der Waals surface area contributed by atoms with Crippen LogP contribution in [0.3, 0.4) is 0 Å². The smallest absolute Gasteiger partial charge is 0.410 e. The molecule has 1 aliphatic heterocycles. The summed E-state index contributed by atoms with van der Waals surface area (Å²) in [6.45, 7) is 11.7. The summed E-state index contributed by atoms with van der Waals surface area (Å²) < 4.78 is 13.5. The van der Waals surface area contributed by atoms with Gasteiger partial charge in [0.1, 0.15) is 19.2 Å². The number of anilines is 1. The third-order valence-electron chi connectivity index (χ3n) is 6.39. The predicted octanol–water partition coefficient (Wildman–Crippen LogP) is 5.71. The van der Waals surface area contributed by atoms with Crippen molar-refractivity contribution in [1.82, 2.24) is 14.5 Å². The van der Waals surface area contributed by atoms with E-state index in [1.807, 2.05) is 47.6 Å². The Bertz CT molecular complexity index is 1100. The normalized spacial score (nSPS) is 14.5. The van der Waals surface area contributed by atoms with Gasteiger partial charge in [0.05, 0.1) is 0 Å². The standard InChI is InChI=1S/C28H38N4O3Si/c1-36(2,3)21-20-34-23-32-17-14-29-27(32)25-10-12-26(13-11-25)30-15-7-16-31(19-18-30)28(33)35-22-24-8-5-4-6-9-24/h4-6,8-14,17H,7,15-16,18-23H2,1-3H3. The second-order valence-corrected chi connectivity index (χ2v) is 16.1. The van der Waals surface area contributed by atoms with Crippen LogP contribution in [0.25, 0.3) is 11.4 Å². The maximum absolute atomic E-state index is 12.6. The van der Waals surface area contributed by atoms with Gasteiger partial charge in [-0.15, -0.1) is 0 Å². The molecule has 1 aromatic heterocycles. The number of aromatic nitrogens is 2. The van der Waals surface area contributed by atoms with Gasteiger partial charge in [0.2, 0.25) is 0 Å². The number of ether oxygens (including phenoxy) is 2. The molecule has 2 aromatic carbocycles. The van der Waals surface area contributed by atoms with Gasteiger partial charge < -0.3 is 23.8 Å². The summed E-state index contributed by atoms with van der Waals surface area (Å²) in [6, 6.07) is 19.5. The van der Waals surface area contributed by atoms with Crippen molar-refractivity contribution in [3.05, 3.63) is 72.6 Å². The molecule has 0 radical (unpaired) electrons. The number of nitrogens with zero attached hydrogens (tertiary/aromatic N) is 4. The maximum atomic E-state index is 12.6. The molecule has 0 atom stereocenters. The largest absolute Gasteiger partial charge is 0.445 e.